The van der Waals surface area contributed by atoms with Crippen LogP contribution in [0.4, 0.5) is 19.0 Å². The van der Waals surface area contributed by atoms with Crippen molar-refractivity contribution in [2.24, 2.45) is 0 Å². The van der Waals surface area contributed by atoms with Crippen LogP contribution >= 0.6 is 0 Å². The Morgan fingerprint density at radius 1 is 1.03 bits per heavy atom. The second-order valence-electron chi connectivity index (χ2n) is 8.41. The zero-order valence-electron chi connectivity index (χ0n) is 17.2. The summed E-state index contributed by atoms with van der Waals surface area (Å²) < 4.78 is 40.6. The summed E-state index contributed by atoms with van der Waals surface area (Å²) in [6.45, 7) is 3.79. The number of fused-ring (bicyclic) bond motifs is 1. The predicted octanol–water partition coefficient (Wildman–Crippen LogP) is 5.24. The molecule has 162 valence electrons. The molecule has 2 aromatic carbocycles. The Labute approximate surface area is 179 Å². The van der Waals surface area contributed by atoms with Crippen molar-refractivity contribution in [1.29, 1.82) is 0 Å². The summed E-state index contributed by atoms with van der Waals surface area (Å²) in [6.07, 6.45) is -1.23. The molecule has 0 radical (unpaired) electrons. The van der Waals surface area contributed by atoms with E-state index in [2.05, 4.69) is 34.5 Å². The SMILES string of the molecule is FC(F)(F)c1ccc(-n2nc(C3CCCN(Cc4ccccc4)C3)c3c2NCC3)cc1. The molecule has 31 heavy (non-hydrogen) atoms. The minimum absolute atomic E-state index is 0.335. The first-order chi connectivity index (χ1) is 15.0. The van der Waals surface area contributed by atoms with Gasteiger partial charge in [-0.3, -0.25) is 4.90 Å². The van der Waals surface area contributed by atoms with Gasteiger partial charge in [0.1, 0.15) is 5.82 Å². The van der Waals surface area contributed by atoms with Crippen molar-refractivity contribution in [3.63, 3.8) is 0 Å². The lowest BCUT2D eigenvalue weighted by Crippen LogP contribution is -2.34. The number of rotatable bonds is 4. The maximum absolute atomic E-state index is 12.9. The Hall–Kier alpha value is -2.80. The first kappa shape index (κ1) is 20.1. The molecule has 2 aliphatic rings. The van der Waals surface area contributed by atoms with Gasteiger partial charge in [-0.15, -0.1) is 0 Å². The molecule has 1 unspecified atom stereocenters. The number of nitrogens with one attached hydrogen (secondary N) is 1. The van der Waals surface area contributed by atoms with Crippen LogP contribution in [0.15, 0.2) is 54.6 Å². The molecule has 0 bridgehead atoms. The standard InChI is InChI=1S/C24H25F3N4/c25-24(26,27)19-8-10-20(11-9-19)31-23-21(12-13-28-23)22(29-31)18-7-4-14-30(16-18)15-17-5-2-1-3-6-17/h1-3,5-6,8-11,18,28H,4,7,12-16H2. The van der Waals surface area contributed by atoms with Gasteiger partial charge >= 0.3 is 6.18 Å². The maximum Gasteiger partial charge on any atom is 0.416 e. The van der Waals surface area contributed by atoms with Crippen molar-refractivity contribution in [3.05, 3.63) is 77.0 Å². The summed E-state index contributed by atoms with van der Waals surface area (Å²) in [5.41, 5.74) is 3.63. The Balaban J connectivity index is 1.40. The van der Waals surface area contributed by atoms with Gasteiger partial charge < -0.3 is 5.32 Å². The van der Waals surface area contributed by atoms with Crippen LogP contribution in [-0.4, -0.2) is 34.3 Å². The van der Waals surface area contributed by atoms with Crippen molar-refractivity contribution in [2.45, 2.75) is 37.9 Å². The van der Waals surface area contributed by atoms with Gasteiger partial charge in [0, 0.05) is 31.1 Å². The zero-order chi connectivity index (χ0) is 21.4. The van der Waals surface area contributed by atoms with Crippen molar-refractivity contribution in [1.82, 2.24) is 14.7 Å². The fourth-order valence-electron chi connectivity index (χ4n) is 4.77. The third-order valence-electron chi connectivity index (χ3n) is 6.26. The average molecular weight is 426 g/mol. The predicted molar refractivity (Wildman–Crippen MR) is 114 cm³/mol. The van der Waals surface area contributed by atoms with E-state index >= 15 is 0 Å². The minimum atomic E-state index is -4.34. The third-order valence-corrected chi connectivity index (χ3v) is 6.26. The average Bonchev–Trinajstić information content (AvgIpc) is 3.37. The van der Waals surface area contributed by atoms with Crippen LogP contribution in [0.1, 0.15) is 41.1 Å². The van der Waals surface area contributed by atoms with Crippen LogP contribution in [0.3, 0.4) is 0 Å². The maximum atomic E-state index is 12.9. The molecule has 1 atom stereocenters. The molecule has 0 aliphatic carbocycles. The molecule has 1 aromatic heterocycles. The number of benzene rings is 2. The molecule has 0 spiro atoms. The molecule has 7 heteroatoms. The van der Waals surface area contributed by atoms with E-state index < -0.39 is 11.7 Å². The monoisotopic (exact) mass is 426 g/mol. The molecule has 1 N–H and O–H groups in total. The molecule has 4 nitrogen and oxygen atoms in total. The number of likely N-dealkylation sites (tertiary alicyclic amines) is 1. The summed E-state index contributed by atoms with van der Waals surface area (Å²) in [4.78, 5) is 2.48. The van der Waals surface area contributed by atoms with E-state index in [1.54, 1.807) is 4.68 Å². The van der Waals surface area contributed by atoms with Crippen molar-refractivity contribution in [3.8, 4) is 5.69 Å². The fourth-order valence-corrected chi connectivity index (χ4v) is 4.77. The molecule has 1 saturated heterocycles. The van der Waals surface area contributed by atoms with Crippen LogP contribution in [0, 0.1) is 0 Å². The van der Waals surface area contributed by atoms with Gasteiger partial charge in [0.15, 0.2) is 0 Å². The summed E-state index contributed by atoms with van der Waals surface area (Å²) in [5, 5.41) is 8.29. The third kappa shape index (κ3) is 4.06. The van der Waals surface area contributed by atoms with Gasteiger partial charge in [-0.1, -0.05) is 30.3 Å². The Kier molecular flexibility index (Phi) is 5.22. The first-order valence-corrected chi connectivity index (χ1v) is 10.8. The van der Waals surface area contributed by atoms with E-state index in [-0.39, 0.29) is 0 Å². The van der Waals surface area contributed by atoms with E-state index in [0.29, 0.717) is 11.6 Å². The van der Waals surface area contributed by atoms with Gasteiger partial charge in [0.25, 0.3) is 0 Å². The first-order valence-electron chi connectivity index (χ1n) is 10.8. The van der Waals surface area contributed by atoms with E-state index in [4.69, 9.17) is 5.10 Å². The zero-order valence-corrected chi connectivity index (χ0v) is 17.2. The molecule has 3 heterocycles. The number of hydrogen-bond acceptors (Lipinski definition) is 3. The van der Waals surface area contributed by atoms with Gasteiger partial charge in [-0.2, -0.15) is 18.3 Å². The molecule has 0 amide bonds. The number of nitrogens with zero attached hydrogens (tertiary/aromatic N) is 3. The van der Waals surface area contributed by atoms with Crippen LogP contribution in [0.2, 0.25) is 0 Å². The second kappa shape index (κ2) is 8.04. The number of piperidine rings is 1. The highest BCUT2D eigenvalue weighted by Gasteiger charge is 2.32. The lowest BCUT2D eigenvalue weighted by molar-refractivity contribution is -0.137. The molecule has 1 fully saturated rings. The van der Waals surface area contributed by atoms with Gasteiger partial charge in [0.05, 0.1) is 16.9 Å². The van der Waals surface area contributed by atoms with E-state index in [9.17, 15) is 13.2 Å². The van der Waals surface area contributed by atoms with E-state index in [0.717, 1.165) is 69.1 Å². The highest BCUT2D eigenvalue weighted by Crippen LogP contribution is 2.37. The fraction of sp³-hybridized carbons (Fsp3) is 0.375. The topological polar surface area (TPSA) is 33.1 Å². The lowest BCUT2D eigenvalue weighted by atomic mass is 9.91. The van der Waals surface area contributed by atoms with Gasteiger partial charge in [-0.25, -0.2) is 4.68 Å². The summed E-state index contributed by atoms with van der Waals surface area (Å²) in [7, 11) is 0. The molecular formula is C24H25F3N4. The molecule has 2 aliphatic heterocycles. The molecular weight excluding hydrogens is 401 g/mol. The van der Waals surface area contributed by atoms with Crippen LogP contribution in [-0.2, 0) is 19.1 Å². The minimum Gasteiger partial charge on any atom is -0.369 e. The lowest BCUT2D eigenvalue weighted by Gasteiger charge is -2.32. The number of halogens is 3. The van der Waals surface area contributed by atoms with Gasteiger partial charge in [-0.05, 0) is 55.6 Å². The largest absolute Gasteiger partial charge is 0.416 e. The van der Waals surface area contributed by atoms with Crippen LogP contribution < -0.4 is 5.32 Å². The van der Waals surface area contributed by atoms with Crippen molar-refractivity contribution in [2.75, 3.05) is 25.0 Å². The van der Waals surface area contributed by atoms with Crippen LogP contribution in [0.25, 0.3) is 5.69 Å². The number of anilines is 1. The highest BCUT2D eigenvalue weighted by atomic mass is 19.4. The Morgan fingerprint density at radius 2 is 1.81 bits per heavy atom. The van der Waals surface area contributed by atoms with Crippen molar-refractivity contribution < 1.29 is 13.2 Å². The number of aromatic nitrogens is 2. The van der Waals surface area contributed by atoms with E-state index in [1.165, 1.54) is 23.3 Å². The molecule has 3 aromatic rings. The van der Waals surface area contributed by atoms with Crippen molar-refractivity contribution >= 4 is 5.82 Å². The highest BCUT2D eigenvalue weighted by molar-refractivity contribution is 5.58. The molecule has 5 rings (SSSR count). The number of alkyl halides is 3. The summed E-state index contributed by atoms with van der Waals surface area (Å²) in [6, 6.07) is 15.7. The Bertz CT molecular complexity index is 1040. The number of hydrogen-bond donors (Lipinski definition) is 1. The van der Waals surface area contributed by atoms with Gasteiger partial charge in [0.2, 0.25) is 0 Å². The van der Waals surface area contributed by atoms with E-state index in [1.807, 2.05) is 6.07 Å². The normalized spacial score (nSPS) is 19.3. The van der Waals surface area contributed by atoms with Crippen LogP contribution in [0.5, 0.6) is 0 Å². The smallest absolute Gasteiger partial charge is 0.369 e. The quantitative estimate of drug-likeness (QED) is 0.620. The summed E-state index contributed by atoms with van der Waals surface area (Å²) in [5.74, 6) is 1.26. The Morgan fingerprint density at radius 3 is 2.55 bits per heavy atom. The second-order valence-corrected chi connectivity index (χ2v) is 8.41. The molecule has 0 saturated carbocycles. The summed E-state index contributed by atoms with van der Waals surface area (Å²) >= 11 is 0.